The van der Waals surface area contributed by atoms with E-state index >= 15 is 0 Å². The second-order valence-corrected chi connectivity index (χ2v) is 4.02. The fraction of sp³-hybridized carbons (Fsp3) is 0.500. The van der Waals surface area contributed by atoms with Crippen LogP contribution in [0.25, 0.3) is 0 Å². The minimum absolute atomic E-state index is 0.328. The molecule has 5 nitrogen and oxygen atoms in total. The number of nitrogens with zero attached hydrogens (tertiary/aromatic N) is 3. The van der Waals surface area contributed by atoms with Gasteiger partial charge in [0.15, 0.2) is 0 Å². The van der Waals surface area contributed by atoms with E-state index in [-0.39, 0.29) is 5.97 Å². The molecular formula is C12H19N3O2. The molecule has 0 atom stereocenters. The van der Waals surface area contributed by atoms with Crippen molar-refractivity contribution in [2.45, 2.75) is 13.5 Å². The Morgan fingerprint density at radius 2 is 2.35 bits per heavy atom. The van der Waals surface area contributed by atoms with Crippen LogP contribution in [0.15, 0.2) is 24.5 Å². The summed E-state index contributed by atoms with van der Waals surface area (Å²) in [4.78, 5) is 13.4. The summed E-state index contributed by atoms with van der Waals surface area (Å²) in [6.45, 7) is 7.11. The van der Waals surface area contributed by atoms with Crippen LogP contribution in [0.2, 0.25) is 0 Å². The van der Waals surface area contributed by atoms with Crippen molar-refractivity contribution in [3.05, 3.63) is 30.1 Å². The summed E-state index contributed by atoms with van der Waals surface area (Å²) in [5.74, 6) is -0.328. The van der Waals surface area contributed by atoms with Gasteiger partial charge in [0.2, 0.25) is 0 Å². The maximum Gasteiger partial charge on any atom is 0.334 e. The predicted octanol–water partition coefficient (Wildman–Crippen LogP) is 0.971. The first-order chi connectivity index (χ1) is 8.02. The zero-order valence-electron chi connectivity index (χ0n) is 10.6. The first kappa shape index (κ1) is 13.4. The minimum atomic E-state index is -0.328. The Labute approximate surface area is 102 Å². The molecule has 5 heteroatoms. The van der Waals surface area contributed by atoms with Crippen LogP contribution in [0, 0.1) is 0 Å². The molecule has 94 valence electrons. The Bertz CT molecular complexity index is 398. The molecule has 17 heavy (non-hydrogen) atoms. The molecule has 0 unspecified atom stereocenters. The number of hydrogen-bond acceptors (Lipinski definition) is 4. The summed E-state index contributed by atoms with van der Waals surface area (Å²) in [5.41, 5.74) is 1.57. The van der Waals surface area contributed by atoms with Gasteiger partial charge in [-0.15, -0.1) is 0 Å². The summed E-state index contributed by atoms with van der Waals surface area (Å²) in [6, 6.07) is 0. The van der Waals surface area contributed by atoms with Gasteiger partial charge in [0, 0.05) is 37.5 Å². The summed E-state index contributed by atoms with van der Waals surface area (Å²) in [7, 11) is 3.80. The lowest BCUT2D eigenvalue weighted by atomic mass is 10.2. The van der Waals surface area contributed by atoms with E-state index in [1.165, 1.54) is 0 Å². The van der Waals surface area contributed by atoms with E-state index in [1.54, 1.807) is 11.6 Å². The lowest BCUT2D eigenvalue weighted by Crippen LogP contribution is -2.24. The molecule has 1 aromatic rings. The highest BCUT2D eigenvalue weighted by Gasteiger charge is 2.11. The van der Waals surface area contributed by atoms with E-state index in [0.29, 0.717) is 18.7 Å². The smallest absolute Gasteiger partial charge is 0.334 e. The summed E-state index contributed by atoms with van der Waals surface area (Å²) in [6.07, 6.45) is 3.76. The molecule has 1 heterocycles. The number of ether oxygens (including phenoxy) is 1. The van der Waals surface area contributed by atoms with Gasteiger partial charge in [0.05, 0.1) is 12.8 Å². The Morgan fingerprint density at radius 3 is 2.88 bits per heavy atom. The Balaban J connectivity index is 2.41. The summed E-state index contributed by atoms with van der Waals surface area (Å²) in [5, 5.41) is 4.09. The monoisotopic (exact) mass is 237 g/mol. The van der Waals surface area contributed by atoms with Gasteiger partial charge in [-0.05, 0) is 14.0 Å². The third-order valence-corrected chi connectivity index (χ3v) is 2.24. The van der Waals surface area contributed by atoms with Crippen molar-refractivity contribution in [3.63, 3.8) is 0 Å². The molecule has 0 spiro atoms. The molecular weight excluding hydrogens is 218 g/mol. The molecule has 0 N–H and O–H groups in total. The molecule has 0 aromatic carbocycles. The molecule has 0 bridgehead atoms. The number of aryl methyl sites for hydroxylation is 1. The van der Waals surface area contributed by atoms with E-state index in [2.05, 4.69) is 11.7 Å². The van der Waals surface area contributed by atoms with Crippen molar-refractivity contribution >= 4 is 5.97 Å². The van der Waals surface area contributed by atoms with Gasteiger partial charge in [-0.25, -0.2) is 4.79 Å². The fourth-order valence-corrected chi connectivity index (χ4v) is 1.54. The molecule has 1 aromatic heterocycles. The van der Waals surface area contributed by atoms with Gasteiger partial charge in [-0.1, -0.05) is 6.58 Å². The molecule has 0 saturated heterocycles. The average Bonchev–Trinajstić information content (AvgIpc) is 2.64. The second kappa shape index (κ2) is 6.20. The first-order valence-electron chi connectivity index (χ1n) is 5.54. The lowest BCUT2D eigenvalue weighted by Gasteiger charge is -2.16. The molecule has 0 saturated carbocycles. The van der Waals surface area contributed by atoms with Crippen LogP contribution in [0.3, 0.4) is 0 Å². The maximum atomic E-state index is 11.4. The molecule has 1 rings (SSSR count). The van der Waals surface area contributed by atoms with Gasteiger partial charge >= 0.3 is 5.97 Å². The highest BCUT2D eigenvalue weighted by Crippen LogP contribution is 2.04. The quantitative estimate of drug-likeness (QED) is 0.546. The lowest BCUT2D eigenvalue weighted by molar-refractivity contribution is -0.138. The van der Waals surface area contributed by atoms with E-state index in [1.807, 2.05) is 31.4 Å². The highest BCUT2D eigenvalue weighted by molar-refractivity contribution is 5.88. The largest absolute Gasteiger partial charge is 0.463 e. The number of carbonyl (C=O) groups is 1. The number of esters is 1. The third kappa shape index (κ3) is 4.40. The molecule has 0 aliphatic heterocycles. The van der Waals surface area contributed by atoms with E-state index in [4.69, 9.17) is 4.74 Å². The standard InChI is InChI=1S/C12H19N3O2/c1-5-17-12(16)10(2)7-14(3)8-11-6-13-15(4)9-11/h6,9H,2,5,7-8H2,1,3-4H3. The van der Waals surface area contributed by atoms with Gasteiger partial charge in [0.25, 0.3) is 0 Å². The number of aromatic nitrogens is 2. The SMILES string of the molecule is C=C(CN(C)Cc1cnn(C)c1)C(=O)OCC. The number of likely N-dealkylation sites (N-methyl/N-ethyl adjacent to an activating group) is 1. The van der Waals surface area contributed by atoms with Gasteiger partial charge in [-0.3, -0.25) is 9.58 Å². The molecule has 0 amide bonds. The topological polar surface area (TPSA) is 47.4 Å². The number of carbonyl (C=O) groups excluding carboxylic acids is 1. The van der Waals surface area contributed by atoms with Crippen molar-refractivity contribution in [2.75, 3.05) is 20.2 Å². The Morgan fingerprint density at radius 1 is 1.65 bits per heavy atom. The van der Waals surface area contributed by atoms with Crippen molar-refractivity contribution in [3.8, 4) is 0 Å². The second-order valence-electron chi connectivity index (χ2n) is 4.02. The molecule has 0 aliphatic carbocycles. The third-order valence-electron chi connectivity index (χ3n) is 2.24. The van der Waals surface area contributed by atoms with Crippen LogP contribution < -0.4 is 0 Å². The van der Waals surface area contributed by atoms with Crippen LogP contribution >= 0.6 is 0 Å². The minimum Gasteiger partial charge on any atom is -0.463 e. The molecule has 0 aliphatic rings. The van der Waals surface area contributed by atoms with Crippen molar-refractivity contribution < 1.29 is 9.53 Å². The molecule has 0 radical (unpaired) electrons. The Kier molecular flexibility index (Phi) is 4.90. The molecule has 0 fully saturated rings. The zero-order valence-corrected chi connectivity index (χ0v) is 10.6. The van der Waals surface area contributed by atoms with Crippen molar-refractivity contribution in [1.29, 1.82) is 0 Å². The van der Waals surface area contributed by atoms with Gasteiger partial charge in [-0.2, -0.15) is 5.10 Å². The van der Waals surface area contributed by atoms with E-state index in [0.717, 1.165) is 12.1 Å². The van der Waals surface area contributed by atoms with Gasteiger partial charge in [0.1, 0.15) is 0 Å². The summed E-state index contributed by atoms with van der Waals surface area (Å²) >= 11 is 0. The van der Waals surface area contributed by atoms with Gasteiger partial charge < -0.3 is 4.74 Å². The highest BCUT2D eigenvalue weighted by atomic mass is 16.5. The maximum absolute atomic E-state index is 11.4. The van der Waals surface area contributed by atoms with Crippen molar-refractivity contribution in [2.24, 2.45) is 7.05 Å². The van der Waals surface area contributed by atoms with Crippen LogP contribution in [-0.4, -0.2) is 40.8 Å². The van der Waals surface area contributed by atoms with E-state index < -0.39 is 0 Å². The van der Waals surface area contributed by atoms with Crippen LogP contribution in [0.5, 0.6) is 0 Å². The predicted molar refractivity (Wildman–Crippen MR) is 65.3 cm³/mol. The number of rotatable bonds is 6. The van der Waals surface area contributed by atoms with Crippen LogP contribution in [0.1, 0.15) is 12.5 Å². The van der Waals surface area contributed by atoms with E-state index in [9.17, 15) is 4.79 Å². The zero-order chi connectivity index (χ0) is 12.8. The average molecular weight is 237 g/mol. The first-order valence-corrected chi connectivity index (χ1v) is 5.54. The van der Waals surface area contributed by atoms with Crippen LogP contribution in [-0.2, 0) is 23.1 Å². The van der Waals surface area contributed by atoms with Crippen molar-refractivity contribution in [1.82, 2.24) is 14.7 Å². The summed E-state index contributed by atoms with van der Waals surface area (Å²) < 4.78 is 6.63. The fourth-order valence-electron chi connectivity index (χ4n) is 1.54. The Hall–Kier alpha value is -1.62. The normalized spacial score (nSPS) is 10.6. The number of hydrogen-bond donors (Lipinski definition) is 0. The van der Waals surface area contributed by atoms with Crippen LogP contribution in [0.4, 0.5) is 0 Å².